The van der Waals surface area contributed by atoms with E-state index in [2.05, 4.69) is 5.32 Å². The number of rotatable bonds is 8. The monoisotopic (exact) mass is 305 g/mol. The highest BCUT2D eigenvalue weighted by Crippen LogP contribution is 2.28. The third-order valence-electron chi connectivity index (χ3n) is 2.70. The molecule has 4 nitrogen and oxygen atoms in total. The van der Waals surface area contributed by atoms with Gasteiger partial charge in [-0.1, -0.05) is 30.7 Å². The number of halogens is 1. The van der Waals surface area contributed by atoms with Crippen molar-refractivity contribution in [3.05, 3.63) is 28.8 Å². The Balaban J connectivity index is 2.58. The van der Waals surface area contributed by atoms with E-state index in [9.17, 15) is 8.42 Å². The van der Waals surface area contributed by atoms with Crippen LogP contribution in [0.4, 0.5) is 0 Å². The van der Waals surface area contributed by atoms with Gasteiger partial charge in [-0.2, -0.15) is 0 Å². The third-order valence-corrected chi connectivity index (χ3v) is 4.79. The predicted molar refractivity (Wildman–Crippen MR) is 78.7 cm³/mol. The van der Waals surface area contributed by atoms with Gasteiger partial charge in [0.15, 0.2) is 0 Å². The average Bonchev–Trinajstić information content (AvgIpc) is 2.37. The van der Waals surface area contributed by atoms with Crippen molar-refractivity contribution >= 4 is 21.4 Å². The van der Waals surface area contributed by atoms with Crippen molar-refractivity contribution in [1.82, 2.24) is 5.32 Å². The van der Waals surface area contributed by atoms with Crippen molar-refractivity contribution in [1.29, 1.82) is 0 Å². The molecule has 0 radical (unpaired) electrons. The standard InChI is InChI=1S/C13H20ClNO3S/c1-3-19(16,17)9-5-8-18-13-11(10-15-2)6-4-7-12(13)14/h4,6-7,15H,3,5,8-10H2,1-2H3. The number of para-hydroxylation sites is 1. The van der Waals surface area contributed by atoms with Gasteiger partial charge in [-0.05, 0) is 19.5 Å². The van der Waals surface area contributed by atoms with Crippen LogP contribution in [0.25, 0.3) is 0 Å². The van der Waals surface area contributed by atoms with E-state index in [1.807, 2.05) is 19.2 Å². The van der Waals surface area contributed by atoms with Crippen molar-refractivity contribution in [2.45, 2.75) is 19.9 Å². The molecule has 0 heterocycles. The second-order valence-electron chi connectivity index (χ2n) is 4.20. The van der Waals surface area contributed by atoms with Gasteiger partial charge in [-0.25, -0.2) is 8.42 Å². The molecule has 0 aliphatic carbocycles. The van der Waals surface area contributed by atoms with Gasteiger partial charge < -0.3 is 10.1 Å². The molecule has 0 unspecified atom stereocenters. The molecule has 0 spiro atoms. The number of benzene rings is 1. The number of hydrogen-bond donors (Lipinski definition) is 1. The number of nitrogens with one attached hydrogen (secondary N) is 1. The van der Waals surface area contributed by atoms with Crippen molar-refractivity contribution < 1.29 is 13.2 Å². The normalized spacial score (nSPS) is 11.5. The first-order valence-corrected chi connectivity index (χ1v) is 8.45. The SMILES string of the molecule is CCS(=O)(=O)CCCOc1c(Cl)cccc1CNC. The lowest BCUT2D eigenvalue weighted by Crippen LogP contribution is -2.13. The molecule has 0 aliphatic rings. The summed E-state index contributed by atoms with van der Waals surface area (Å²) in [5.74, 6) is 0.951. The van der Waals surface area contributed by atoms with E-state index in [1.165, 1.54) is 0 Å². The van der Waals surface area contributed by atoms with Gasteiger partial charge >= 0.3 is 0 Å². The van der Waals surface area contributed by atoms with E-state index in [-0.39, 0.29) is 11.5 Å². The summed E-state index contributed by atoms with van der Waals surface area (Å²) >= 11 is 6.09. The molecule has 0 saturated carbocycles. The molecule has 1 aromatic carbocycles. The highest BCUT2D eigenvalue weighted by molar-refractivity contribution is 7.91. The molecule has 1 N–H and O–H groups in total. The number of sulfone groups is 1. The van der Waals surface area contributed by atoms with Gasteiger partial charge in [0.1, 0.15) is 15.6 Å². The smallest absolute Gasteiger partial charge is 0.150 e. The molecular formula is C13H20ClNO3S. The Kier molecular flexibility index (Phi) is 6.62. The second-order valence-corrected chi connectivity index (χ2v) is 7.08. The summed E-state index contributed by atoms with van der Waals surface area (Å²) in [6.45, 7) is 2.65. The van der Waals surface area contributed by atoms with Gasteiger partial charge in [0.05, 0.1) is 17.4 Å². The Bertz CT molecular complexity index is 503. The summed E-state index contributed by atoms with van der Waals surface area (Å²) in [6.07, 6.45) is 0.473. The molecule has 0 saturated heterocycles. The van der Waals surface area contributed by atoms with Crippen molar-refractivity contribution in [2.75, 3.05) is 25.2 Å². The zero-order chi connectivity index (χ0) is 14.3. The molecule has 108 valence electrons. The maximum absolute atomic E-state index is 11.4. The third kappa shape index (κ3) is 5.38. The lowest BCUT2D eigenvalue weighted by molar-refractivity contribution is 0.314. The fraction of sp³-hybridized carbons (Fsp3) is 0.538. The van der Waals surface area contributed by atoms with Crippen molar-refractivity contribution in [3.63, 3.8) is 0 Å². The van der Waals surface area contributed by atoms with Crippen LogP contribution in [-0.4, -0.2) is 33.6 Å². The zero-order valence-corrected chi connectivity index (χ0v) is 12.9. The fourth-order valence-corrected chi connectivity index (χ4v) is 2.74. The first-order valence-electron chi connectivity index (χ1n) is 6.25. The molecular weight excluding hydrogens is 286 g/mol. The second kappa shape index (κ2) is 7.72. The summed E-state index contributed by atoms with van der Waals surface area (Å²) in [5, 5.41) is 3.59. The fourth-order valence-electron chi connectivity index (χ4n) is 1.64. The first-order chi connectivity index (χ1) is 9.00. The van der Waals surface area contributed by atoms with E-state index in [4.69, 9.17) is 16.3 Å². The van der Waals surface area contributed by atoms with Gasteiger partial charge in [-0.3, -0.25) is 0 Å². The quantitative estimate of drug-likeness (QED) is 0.749. The molecule has 0 aromatic heterocycles. The Morgan fingerprint density at radius 1 is 1.37 bits per heavy atom. The molecule has 0 amide bonds. The molecule has 0 aliphatic heterocycles. The highest BCUT2D eigenvalue weighted by Gasteiger charge is 2.10. The molecule has 1 rings (SSSR count). The minimum absolute atomic E-state index is 0.148. The topological polar surface area (TPSA) is 55.4 Å². The number of ether oxygens (including phenoxy) is 1. The van der Waals surface area contributed by atoms with Gasteiger partial charge in [0.25, 0.3) is 0 Å². The Morgan fingerprint density at radius 2 is 2.11 bits per heavy atom. The van der Waals surface area contributed by atoms with Crippen LogP contribution in [0, 0.1) is 0 Å². The molecule has 1 aromatic rings. The molecule has 0 fully saturated rings. The van der Waals surface area contributed by atoms with Gasteiger partial charge in [-0.15, -0.1) is 0 Å². The molecule has 0 bridgehead atoms. The van der Waals surface area contributed by atoms with Crippen LogP contribution in [-0.2, 0) is 16.4 Å². The largest absolute Gasteiger partial charge is 0.492 e. The van der Waals surface area contributed by atoms with Crippen molar-refractivity contribution in [2.24, 2.45) is 0 Å². The van der Waals surface area contributed by atoms with Crippen LogP contribution in [0.15, 0.2) is 18.2 Å². The average molecular weight is 306 g/mol. The minimum atomic E-state index is -2.93. The van der Waals surface area contributed by atoms with E-state index in [0.717, 1.165) is 5.56 Å². The van der Waals surface area contributed by atoms with E-state index >= 15 is 0 Å². The van der Waals surface area contributed by atoms with E-state index < -0.39 is 9.84 Å². The van der Waals surface area contributed by atoms with Crippen molar-refractivity contribution in [3.8, 4) is 5.75 Å². The van der Waals surface area contributed by atoms with Gasteiger partial charge in [0, 0.05) is 17.9 Å². The lowest BCUT2D eigenvalue weighted by Gasteiger charge is -2.12. The zero-order valence-electron chi connectivity index (χ0n) is 11.3. The summed E-state index contributed by atoms with van der Waals surface area (Å²) in [5.41, 5.74) is 0.966. The van der Waals surface area contributed by atoms with E-state index in [1.54, 1.807) is 13.0 Å². The summed E-state index contributed by atoms with van der Waals surface area (Å²) in [6, 6.07) is 5.56. The maximum Gasteiger partial charge on any atom is 0.150 e. The Morgan fingerprint density at radius 3 is 2.74 bits per heavy atom. The summed E-state index contributed by atoms with van der Waals surface area (Å²) in [7, 11) is -1.08. The van der Waals surface area contributed by atoms with Crippen LogP contribution < -0.4 is 10.1 Å². The summed E-state index contributed by atoms with van der Waals surface area (Å²) < 4.78 is 28.3. The lowest BCUT2D eigenvalue weighted by atomic mass is 10.2. The minimum Gasteiger partial charge on any atom is -0.492 e. The highest BCUT2D eigenvalue weighted by atomic mass is 35.5. The van der Waals surface area contributed by atoms with Crippen LogP contribution in [0.5, 0.6) is 5.75 Å². The predicted octanol–water partition coefficient (Wildman–Crippen LogP) is 2.26. The first kappa shape index (κ1) is 16.3. The summed E-state index contributed by atoms with van der Waals surface area (Å²) in [4.78, 5) is 0. The molecule has 6 heteroatoms. The van der Waals surface area contributed by atoms with E-state index in [0.29, 0.717) is 30.3 Å². The van der Waals surface area contributed by atoms with Crippen LogP contribution in [0.2, 0.25) is 5.02 Å². The van der Waals surface area contributed by atoms with Crippen LogP contribution >= 0.6 is 11.6 Å². The maximum atomic E-state index is 11.4. The Hall–Kier alpha value is -0.780. The van der Waals surface area contributed by atoms with Crippen LogP contribution in [0.1, 0.15) is 18.9 Å². The van der Waals surface area contributed by atoms with Crippen LogP contribution in [0.3, 0.4) is 0 Å². The van der Waals surface area contributed by atoms with Gasteiger partial charge in [0.2, 0.25) is 0 Å². The number of hydrogen-bond acceptors (Lipinski definition) is 4. The molecule has 0 atom stereocenters. The Labute approximate surface area is 120 Å². The molecule has 19 heavy (non-hydrogen) atoms.